The molecule has 0 bridgehead atoms. The SMILES string of the molecule is CC(C)(N)c1ccc(C2CCCC2)c(Br)c1. The van der Waals surface area contributed by atoms with Gasteiger partial charge in [0.05, 0.1) is 0 Å². The number of hydrogen-bond donors (Lipinski definition) is 1. The Morgan fingerprint density at radius 1 is 1.25 bits per heavy atom. The highest BCUT2D eigenvalue weighted by Gasteiger charge is 2.21. The van der Waals surface area contributed by atoms with Crippen molar-refractivity contribution in [1.29, 1.82) is 0 Å². The van der Waals surface area contributed by atoms with Crippen molar-refractivity contribution >= 4 is 15.9 Å². The summed E-state index contributed by atoms with van der Waals surface area (Å²) in [6, 6.07) is 6.62. The van der Waals surface area contributed by atoms with E-state index >= 15 is 0 Å². The van der Waals surface area contributed by atoms with Gasteiger partial charge in [-0.25, -0.2) is 0 Å². The summed E-state index contributed by atoms with van der Waals surface area (Å²) in [4.78, 5) is 0. The zero-order valence-electron chi connectivity index (χ0n) is 10.1. The van der Waals surface area contributed by atoms with Crippen LogP contribution in [0.2, 0.25) is 0 Å². The van der Waals surface area contributed by atoms with E-state index in [4.69, 9.17) is 5.73 Å². The summed E-state index contributed by atoms with van der Waals surface area (Å²) in [5.41, 5.74) is 8.51. The van der Waals surface area contributed by atoms with Crippen molar-refractivity contribution in [2.75, 3.05) is 0 Å². The Morgan fingerprint density at radius 2 is 1.88 bits per heavy atom. The van der Waals surface area contributed by atoms with Gasteiger partial charge >= 0.3 is 0 Å². The summed E-state index contributed by atoms with van der Waals surface area (Å²) >= 11 is 3.69. The number of halogens is 1. The van der Waals surface area contributed by atoms with Crippen LogP contribution in [0.5, 0.6) is 0 Å². The van der Waals surface area contributed by atoms with Crippen molar-refractivity contribution in [2.45, 2.75) is 51.0 Å². The molecule has 16 heavy (non-hydrogen) atoms. The molecule has 0 radical (unpaired) electrons. The standard InChI is InChI=1S/C14H20BrN/c1-14(2,16)11-7-8-12(13(15)9-11)10-5-3-4-6-10/h7-10H,3-6,16H2,1-2H3. The molecule has 1 aromatic carbocycles. The molecule has 1 nitrogen and oxygen atoms in total. The first kappa shape index (κ1) is 12.1. The lowest BCUT2D eigenvalue weighted by atomic mass is 9.91. The molecule has 0 spiro atoms. The number of hydrogen-bond acceptors (Lipinski definition) is 1. The van der Waals surface area contributed by atoms with Crippen molar-refractivity contribution < 1.29 is 0 Å². The van der Waals surface area contributed by atoms with Gasteiger partial charge in [0.25, 0.3) is 0 Å². The average molecular weight is 282 g/mol. The first-order valence-electron chi connectivity index (χ1n) is 6.07. The maximum absolute atomic E-state index is 6.11. The molecule has 2 heteroatoms. The average Bonchev–Trinajstić information content (AvgIpc) is 2.69. The molecule has 2 rings (SSSR count). The second-order valence-electron chi connectivity index (χ2n) is 5.44. The van der Waals surface area contributed by atoms with Crippen LogP contribution < -0.4 is 5.73 Å². The number of benzene rings is 1. The van der Waals surface area contributed by atoms with Crippen molar-refractivity contribution in [2.24, 2.45) is 5.73 Å². The second-order valence-corrected chi connectivity index (χ2v) is 6.29. The fourth-order valence-corrected chi connectivity index (χ4v) is 3.20. The van der Waals surface area contributed by atoms with Gasteiger partial charge < -0.3 is 5.73 Å². The Bertz CT molecular complexity index is 373. The molecular weight excluding hydrogens is 262 g/mol. The van der Waals surface area contributed by atoms with E-state index in [2.05, 4.69) is 34.1 Å². The Morgan fingerprint density at radius 3 is 2.38 bits per heavy atom. The van der Waals surface area contributed by atoms with E-state index in [-0.39, 0.29) is 5.54 Å². The molecule has 0 aromatic heterocycles. The van der Waals surface area contributed by atoms with E-state index < -0.39 is 0 Å². The minimum atomic E-state index is -0.253. The van der Waals surface area contributed by atoms with E-state index in [0.29, 0.717) is 0 Å². The van der Waals surface area contributed by atoms with Gasteiger partial charge in [-0.05, 0) is 49.8 Å². The molecule has 1 aromatic rings. The lowest BCUT2D eigenvalue weighted by Gasteiger charge is -2.21. The van der Waals surface area contributed by atoms with Crippen LogP contribution in [0.25, 0.3) is 0 Å². The van der Waals surface area contributed by atoms with E-state index in [1.807, 2.05) is 13.8 Å². The topological polar surface area (TPSA) is 26.0 Å². The van der Waals surface area contributed by atoms with Gasteiger partial charge in [-0.3, -0.25) is 0 Å². The Kier molecular flexibility index (Phi) is 3.41. The van der Waals surface area contributed by atoms with Gasteiger partial charge in [0.1, 0.15) is 0 Å². The molecule has 1 aliphatic carbocycles. The number of rotatable bonds is 2. The van der Waals surface area contributed by atoms with Gasteiger partial charge in [-0.1, -0.05) is 40.9 Å². The predicted molar refractivity (Wildman–Crippen MR) is 72.6 cm³/mol. The first-order valence-corrected chi connectivity index (χ1v) is 6.86. The molecule has 88 valence electrons. The molecule has 1 fully saturated rings. The van der Waals surface area contributed by atoms with Gasteiger partial charge in [-0.2, -0.15) is 0 Å². The summed E-state index contributed by atoms with van der Waals surface area (Å²) in [6.07, 6.45) is 5.43. The normalized spacial score (nSPS) is 18.0. The van der Waals surface area contributed by atoms with E-state index in [1.54, 1.807) is 0 Å². The minimum Gasteiger partial charge on any atom is -0.322 e. The first-order chi connectivity index (χ1) is 7.48. The summed E-state index contributed by atoms with van der Waals surface area (Å²) in [5.74, 6) is 0.754. The molecule has 0 unspecified atom stereocenters. The molecule has 0 saturated heterocycles. The maximum atomic E-state index is 6.11. The van der Waals surface area contributed by atoms with Gasteiger partial charge in [0.15, 0.2) is 0 Å². The highest BCUT2D eigenvalue weighted by Crippen LogP contribution is 2.38. The van der Waals surface area contributed by atoms with Gasteiger partial charge in [0, 0.05) is 10.0 Å². The third-order valence-corrected chi connectivity index (χ3v) is 4.23. The molecular formula is C14H20BrN. The third-order valence-electron chi connectivity index (χ3n) is 3.54. The van der Waals surface area contributed by atoms with Crippen LogP contribution in [0.15, 0.2) is 22.7 Å². The smallest absolute Gasteiger partial charge is 0.0352 e. The lowest BCUT2D eigenvalue weighted by Crippen LogP contribution is -2.28. The van der Waals surface area contributed by atoms with Crippen molar-refractivity contribution in [3.8, 4) is 0 Å². The fourth-order valence-electron chi connectivity index (χ4n) is 2.50. The lowest BCUT2D eigenvalue weighted by molar-refractivity contribution is 0.553. The van der Waals surface area contributed by atoms with Crippen LogP contribution in [0.4, 0.5) is 0 Å². The molecule has 1 aliphatic rings. The predicted octanol–water partition coefficient (Wildman–Crippen LogP) is 4.30. The van der Waals surface area contributed by atoms with Crippen molar-refractivity contribution in [1.82, 2.24) is 0 Å². The summed E-state index contributed by atoms with van der Waals surface area (Å²) in [5, 5.41) is 0. The van der Waals surface area contributed by atoms with Gasteiger partial charge in [0.2, 0.25) is 0 Å². The Hall–Kier alpha value is -0.340. The highest BCUT2D eigenvalue weighted by molar-refractivity contribution is 9.10. The minimum absolute atomic E-state index is 0.253. The van der Waals surface area contributed by atoms with Crippen LogP contribution in [0, 0.1) is 0 Å². The second kappa shape index (κ2) is 4.50. The third kappa shape index (κ3) is 2.49. The van der Waals surface area contributed by atoms with E-state index in [9.17, 15) is 0 Å². The highest BCUT2D eigenvalue weighted by atomic mass is 79.9. The van der Waals surface area contributed by atoms with Crippen LogP contribution in [-0.4, -0.2) is 0 Å². The molecule has 1 saturated carbocycles. The fraction of sp³-hybridized carbons (Fsp3) is 0.571. The molecule has 0 atom stereocenters. The maximum Gasteiger partial charge on any atom is 0.0352 e. The summed E-state index contributed by atoms with van der Waals surface area (Å²) in [7, 11) is 0. The molecule has 0 amide bonds. The van der Waals surface area contributed by atoms with Crippen molar-refractivity contribution in [3.05, 3.63) is 33.8 Å². The van der Waals surface area contributed by atoms with Crippen LogP contribution >= 0.6 is 15.9 Å². The zero-order valence-corrected chi connectivity index (χ0v) is 11.7. The Labute approximate surface area is 107 Å². The Balaban J connectivity index is 2.29. The largest absolute Gasteiger partial charge is 0.322 e. The van der Waals surface area contributed by atoms with Crippen molar-refractivity contribution in [3.63, 3.8) is 0 Å². The zero-order chi connectivity index (χ0) is 11.8. The van der Waals surface area contributed by atoms with E-state index in [1.165, 1.54) is 41.3 Å². The molecule has 2 N–H and O–H groups in total. The van der Waals surface area contributed by atoms with E-state index in [0.717, 1.165) is 5.92 Å². The van der Waals surface area contributed by atoms with Crippen LogP contribution in [0.1, 0.15) is 56.6 Å². The molecule has 0 heterocycles. The summed E-state index contributed by atoms with van der Waals surface area (Å²) < 4.78 is 1.23. The van der Waals surface area contributed by atoms with Crippen LogP contribution in [0.3, 0.4) is 0 Å². The summed E-state index contributed by atoms with van der Waals surface area (Å²) in [6.45, 7) is 4.09. The molecule has 0 aliphatic heterocycles. The number of nitrogens with two attached hydrogens (primary N) is 1. The monoisotopic (exact) mass is 281 g/mol. The van der Waals surface area contributed by atoms with Crippen LogP contribution in [-0.2, 0) is 5.54 Å². The van der Waals surface area contributed by atoms with Gasteiger partial charge in [-0.15, -0.1) is 0 Å². The quantitative estimate of drug-likeness (QED) is 0.859.